The molecule has 1 amide bonds. The Bertz CT molecular complexity index is 455. The van der Waals surface area contributed by atoms with E-state index in [-0.39, 0.29) is 11.5 Å². The summed E-state index contributed by atoms with van der Waals surface area (Å²) in [5.74, 6) is -1.70. The van der Waals surface area contributed by atoms with Crippen molar-refractivity contribution in [2.75, 3.05) is 13.7 Å². The number of nitrogens with one attached hydrogen (secondary N) is 1. The largest absolute Gasteiger partial charge is 0.385 e. The quantitative estimate of drug-likeness (QED) is 0.752. The minimum Gasteiger partial charge on any atom is -0.385 e. The molecular weight excluding hydrogens is 266 g/mol. The van der Waals surface area contributed by atoms with Gasteiger partial charge in [0.05, 0.1) is 12.1 Å². The lowest BCUT2D eigenvalue weighted by Gasteiger charge is -2.18. The Morgan fingerprint density at radius 1 is 1.45 bits per heavy atom. The van der Waals surface area contributed by atoms with E-state index in [2.05, 4.69) is 5.32 Å². The van der Waals surface area contributed by atoms with Crippen LogP contribution >= 0.6 is 0 Å². The molecule has 0 saturated heterocycles. The molecule has 0 radical (unpaired) electrons. The smallest absolute Gasteiger partial charge is 0.237 e. The molecular formula is C14H20F2N2O2. The normalized spacial score (nSPS) is 13.8. The zero-order valence-corrected chi connectivity index (χ0v) is 11.7. The molecule has 20 heavy (non-hydrogen) atoms. The molecule has 0 aliphatic carbocycles. The van der Waals surface area contributed by atoms with Crippen molar-refractivity contribution in [3.63, 3.8) is 0 Å². The van der Waals surface area contributed by atoms with E-state index >= 15 is 0 Å². The maximum atomic E-state index is 13.6. The fourth-order valence-electron chi connectivity index (χ4n) is 1.83. The lowest BCUT2D eigenvalue weighted by molar-refractivity contribution is -0.123. The number of carbonyl (C=O) groups excluding carboxylic acids is 1. The second kappa shape index (κ2) is 7.91. The molecule has 0 aromatic heterocycles. The van der Waals surface area contributed by atoms with Crippen LogP contribution in [0.25, 0.3) is 0 Å². The zero-order chi connectivity index (χ0) is 15.1. The molecule has 2 atom stereocenters. The maximum Gasteiger partial charge on any atom is 0.237 e. The summed E-state index contributed by atoms with van der Waals surface area (Å²) in [5.41, 5.74) is 5.95. The number of amides is 1. The molecule has 0 spiro atoms. The average molecular weight is 286 g/mol. The van der Waals surface area contributed by atoms with Gasteiger partial charge < -0.3 is 15.8 Å². The van der Waals surface area contributed by atoms with Crippen molar-refractivity contribution < 1.29 is 18.3 Å². The van der Waals surface area contributed by atoms with Crippen LogP contribution < -0.4 is 11.1 Å². The van der Waals surface area contributed by atoms with Crippen LogP contribution in [0.3, 0.4) is 0 Å². The first-order valence-corrected chi connectivity index (χ1v) is 6.45. The van der Waals surface area contributed by atoms with E-state index in [0.717, 1.165) is 12.1 Å². The van der Waals surface area contributed by atoms with Crippen LogP contribution in [0.4, 0.5) is 8.78 Å². The highest BCUT2D eigenvalue weighted by Gasteiger charge is 2.18. The lowest BCUT2D eigenvalue weighted by Crippen LogP contribution is -2.41. The minimum absolute atomic E-state index is 0.226. The number of hydrogen-bond donors (Lipinski definition) is 2. The third kappa shape index (κ3) is 4.86. The number of halogens is 2. The fourth-order valence-corrected chi connectivity index (χ4v) is 1.83. The van der Waals surface area contributed by atoms with Gasteiger partial charge in [0.15, 0.2) is 0 Å². The van der Waals surface area contributed by atoms with Gasteiger partial charge in [-0.2, -0.15) is 0 Å². The highest BCUT2D eigenvalue weighted by molar-refractivity contribution is 5.81. The molecule has 2 unspecified atom stereocenters. The van der Waals surface area contributed by atoms with Crippen molar-refractivity contribution in [3.8, 4) is 0 Å². The van der Waals surface area contributed by atoms with Gasteiger partial charge in [-0.15, -0.1) is 0 Å². The average Bonchev–Trinajstić information content (AvgIpc) is 2.38. The van der Waals surface area contributed by atoms with Crippen LogP contribution in [0.15, 0.2) is 18.2 Å². The van der Waals surface area contributed by atoms with Crippen molar-refractivity contribution in [1.29, 1.82) is 0 Å². The van der Waals surface area contributed by atoms with Crippen LogP contribution in [-0.4, -0.2) is 25.7 Å². The third-order valence-corrected chi connectivity index (χ3v) is 2.99. The highest BCUT2D eigenvalue weighted by atomic mass is 19.1. The third-order valence-electron chi connectivity index (χ3n) is 2.99. The SMILES string of the molecule is COCCCC(N)C(=O)NC(C)c1ccc(F)cc1F. The predicted octanol–water partition coefficient (Wildman–Crippen LogP) is 1.90. The van der Waals surface area contributed by atoms with Gasteiger partial charge in [0.1, 0.15) is 11.6 Å². The molecule has 0 aliphatic heterocycles. The first-order valence-electron chi connectivity index (χ1n) is 6.45. The first kappa shape index (κ1) is 16.5. The van der Waals surface area contributed by atoms with Gasteiger partial charge in [-0.3, -0.25) is 4.79 Å². The van der Waals surface area contributed by atoms with Crippen molar-refractivity contribution in [3.05, 3.63) is 35.4 Å². The van der Waals surface area contributed by atoms with Gasteiger partial charge in [0.2, 0.25) is 5.91 Å². The molecule has 0 fully saturated rings. The van der Waals surface area contributed by atoms with E-state index in [1.165, 1.54) is 6.07 Å². The van der Waals surface area contributed by atoms with E-state index in [1.807, 2.05) is 0 Å². The Labute approximate surface area is 117 Å². The van der Waals surface area contributed by atoms with Crippen LogP contribution in [0.2, 0.25) is 0 Å². The molecule has 0 saturated carbocycles. The molecule has 4 nitrogen and oxygen atoms in total. The summed E-state index contributed by atoms with van der Waals surface area (Å²) in [6.07, 6.45) is 1.16. The number of hydrogen-bond acceptors (Lipinski definition) is 3. The fraction of sp³-hybridized carbons (Fsp3) is 0.500. The van der Waals surface area contributed by atoms with Crippen LogP contribution in [0, 0.1) is 11.6 Å². The first-order chi connectivity index (χ1) is 9.45. The molecule has 0 bridgehead atoms. The Morgan fingerprint density at radius 2 is 2.15 bits per heavy atom. The van der Waals surface area contributed by atoms with Gasteiger partial charge in [0, 0.05) is 25.3 Å². The number of nitrogens with two attached hydrogens (primary N) is 1. The molecule has 1 aromatic carbocycles. The van der Waals surface area contributed by atoms with Crippen LogP contribution in [0.1, 0.15) is 31.4 Å². The van der Waals surface area contributed by atoms with Crippen LogP contribution in [0.5, 0.6) is 0 Å². The second-order valence-corrected chi connectivity index (χ2v) is 4.64. The standard InChI is InChI=1S/C14H20F2N2O2/c1-9(11-6-5-10(15)8-12(11)16)18-14(19)13(17)4-3-7-20-2/h5-6,8-9,13H,3-4,7,17H2,1-2H3,(H,18,19). The number of rotatable bonds is 7. The van der Waals surface area contributed by atoms with E-state index in [9.17, 15) is 13.6 Å². The predicted molar refractivity (Wildman–Crippen MR) is 72.0 cm³/mol. The summed E-state index contributed by atoms with van der Waals surface area (Å²) in [6.45, 7) is 2.15. The Morgan fingerprint density at radius 3 is 2.75 bits per heavy atom. The summed E-state index contributed by atoms with van der Waals surface area (Å²) in [4.78, 5) is 11.8. The van der Waals surface area contributed by atoms with Gasteiger partial charge in [0.25, 0.3) is 0 Å². The number of carbonyl (C=O) groups is 1. The highest BCUT2D eigenvalue weighted by Crippen LogP contribution is 2.17. The van der Waals surface area contributed by atoms with Crippen molar-refractivity contribution >= 4 is 5.91 Å². The molecule has 3 N–H and O–H groups in total. The zero-order valence-electron chi connectivity index (χ0n) is 11.7. The van der Waals surface area contributed by atoms with Gasteiger partial charge in [-0.1, -0.05) is 6.07 Å². The van der Waals surface area contributed by atoms with E-state index < -0.39 is 23.7 Å². The summed E-state index contributed by atoms with van der Waals surface area (Å²) < 4.78 is 31.3. The van der Waals surface area contributed by atoms with Gasteiger partial charge >= 0.3 is 0 Å². The second-order valence-electron chi connectivity index (χ2n) is 4.64. The summed E-state index contributed by atoms with van der Waals surface area (Å²) in [5, 5.41) is 2.62. The summed E-state index contributed by atoms with van der Waals surface area (Å²) in [7, 11) is 1.57. The maximum absolute atomic E-state index is 13.6. The molecule has 0 aliphatic rings. The summed E-state index contributed by atoms with van der Waals surface area (Å²) in [6, 6.07) is 2.01. The Hall–Kier alpha value is -1.53. The van der Waals surface area contributed by atoms with Gasteiger partial charge in [-0.05, 0) is 25.8 Å². The van der Waals surface area contributed by atoms with Crippen molar-refractivity contribution in [1.82, 2.24) is 5.32 Å². The molecule has 0 heterocycles. The van der Waals surface area contributed by atoms with Gasteiger partial charge in [-0.25, -0.2) is 8.78 Å². The van der Waals surface area contributed by atoms with E-state index in [1.54, 1.807) is 14.0 Å². The van der Waals surface area contributed by atoms with Crippen molar-refractivity contribution in [2.45, 2.75) is 31.8 Å². The number of ether oxygens (including phenoxy) is 1. The van der Waals surface area contributed by atoms with Crippen molar-refractivity contribution in [2.24, 2.45) is 5.73 Å². The lowest BCUT2D eigenvalue weighted by atomic mass is 10.1. The topological polar surface area (TPSA) is 64.3 Å². The van der Waals surface area contributed by atoms with Crippen LogP contribution in [-0.2, 0) is 9.53 Å². The monoisotopic (exact) mass is 286 g/mol. The molecule has 1 rings (SSSR count). The van der Waals surface area contributed by atoms with E-state index in [0.29, 0.717) is 19.4 Å². The Kier molecular flexibility index (Phi) is 6.54. The van der Waals surface area contributed by atoms with E-state index in [4.69, 9.17) is 10.5 Å². The number of benzene rings is 1. The molecule has 1 aromatic rings. The number of methoxy groups -OCH3 is 1. The Balaban J connectivity index is 2.56. The molecule has 112 valence electrons. The molecule has 6 heteroatoms. The summed E-state index contributed by atoms with van der Waals surface area (Å²) >= 11 is 0. The minimum atomic E-state index is -0.689.